The van der Waals surface area contributed by atoms with Crippen LogP contribution in [0, 0.1) is 6.92 Å². The van der Waals surface area contributed by atoms with Crippen LogP contribution >= 0.6 is 11.3 Å². The van der Waals surface area contributed by atoms with Crippen LogP contribution in [0.5, 0.6) is 0 Å². The summed E-state index contributed by atoms with van der Waals surface area (Å²) in [6.07, 6.45) is 6.90. The number of thiazole rings is 1. The number of anilines is 1. The number of nitrogens with one attached hydrogen (secondary N) is 1. The molecule has 2 aromatic rings. The molecule has 0 saturated carbocycles. The molecule has 1 amide bonds. The fraction of sp³-hybridized carbons (Fsp3) is 0.143. The highest BCUT2D eigenvalue weighted by molar-refractivity contribution is 7.18. The second-order valence-electron chi connectivity index (χ2n) is 3.79. The lowest BCUT2D eigenvalue weighted by molar-refractivity contribution is -0.111. The standard InChI is InChI=1S/C14H14N2OS/c1-3-4-5-6-14(17)16-11-7-8-12-13(9-11)18-10(2)15-12/h3-9H,1-2H3,(H,16,17)/b4-3+,6-5+. The zero-order valence-corrected chi connectivity index (χ0v) is 11.1. The summed E-state index contributed by atoms with van der Waals surface area (Å²) in [7, 11) is 0. The molecule has 0 saturated heterocycles. The SMILES string of the molecule is C/C=C/C=C/C(=O)Nc1ccc2nc(C)sc2c1. The molecule has 92 valence electrons. The quantitative estimate of drug-likeness (QED) is 0.674. The van der Waals surface area contributed by atoms with E-state index in [1.807, 2.05) is 44.2 Å². The lowest BCUT2D eigenvalue weighted by atomic mass is 10.3. The van der Waals surface area contributed by atoms with Crippen molar-refractivity contribution in [2.75, 3.05) is 5.32 Å². The number of carbonyl (C=O) groups is 1. The summed E-state index contributed by atoms with van der Waals surface area (Å²) in [4.78, 5) is 16.0. The van der Waals surface area contributed by atoms with Gasteiger partial charge in [0.1, 0.15) is 0 Å². The Labute approximate surface area is 110 Å². The summed E-state index contributed by atoms with van der Waals surface area (Å²) in [5.41, 5.74) is 1.77. The maximum atomic E-state index is 11.6. The minimum Gasteiger partial charge on any atom is -0.322 e. The molecule has 0 aliphatic carbocycles. The number of carbonyl (C=O) groups excluding carboxylic acids is 1. The first-order chi connectivity index (χ1) is 8.69. The predicted octanol–water partition coefficient (Wildman–Crippen LogP) is 3.68. The normalized spacial score (nSPS) is 11.7. The zero-order valence-electron chi connectivity index (χ0n) is 10.3. The lowest BCUT2D eigenvalue weighted by Gasteiger charge is -2.01. The summed E-state index contributed by atoms with van der Waals surface area (Å²) in [5, 5.41) is 3.85. The largest absolute Gasteiger partial charge is 0.322 e. The van der Waals surface area contributed by atoms with E-state index in [9.17, 15) is 4.79 Å². The van der Waals surface area contributed by atoms with Crippen LogP contribution in [0.4, 0.5) is 5.69 Å². The number of benzene rings is 1. The Balaban J connectivity index is 2.14. The Bertz CT molecular complexity index is 626. The van der Waals surface area contributed by atoms with E-state index in [0.717, 1.165) is 20.9 Å². The fourth-order valence-corrected chi connectivity index (χ4v) is 2.42. The molecule has 18 heavy (non-hydrogen) atoms. The van der Waals surface area contributed by atoms with E-state index in [2.05, 4.69) is 10.3 Å². The Morgan fingerprint density at radius 1 is 1.39 bits per heavy atom. The third kappa shape index (κ3) is 3.05. The average Bonchev–Trinajstić information content (AvgIpc) is 2.69. The van der Waals surface area contributed by atoms with E-state index in [1.165, 1.54) is 6.08 Å². The van der Waals surface area contributed by atoms with Crippen LogP contribution in [0.1, 0.15) is 11.9 Å². The third-order valence-electron chi connectivity index (χ3n) is 2.31. The van der Waals surface area contributed by atoms with E-state index in [1.54, 1.807) is 17.4 Å². The number of aromatic nitrogens is 1. The Kier molecular flexibility index (Phi) is 3.89. The van der Waals surface area contributed by atoms with Gasteiger partial charge in [0, 0.05) is 11.8 Å². The van der Waals surface area contributed by atoms with Crippen molar-refractivity contribution in [2.45, 2.75) is 13.8 Å². The van der Waals surface area contributed by atoms with E-state index >= 15 is 0 Å². The molecule has 1 aromatic carbocycles. The third-order valence-corrected chi connectivity index (χ3v) is 3.25. The van der Waals surface area contributed by atoms with Crippen molar-refractivity contribution >= 4 is 33.1 Å². The molecule has 0 spiro atoms. The second-order valence-corrected chi connectivity index (χ2v) is 5.02. The summed E-state index contributed by atoms with van der Waals surface area (Å²) >= 11 is 1.62. The van der Waals surface area contributed by atoms with Crippen molar-refractivity contribution in [3.8, 4) is 0 Å². The average molecular weight is 258 g/mol. The molecule has 0 unspecified atom stereocenters. The maximum Gasteiger partial charge on any atom is 0.248 e. The molecule has 0 aliphatic rings. The highest BCUT2D eigenvalue weighted by atomic mass is 32.1. The van der Waals surface area contributed by atoms with Crippen LogP contribution in [0.2, 0.25) is 0 Å². The summed E-state index contributed by atoms with van der Waals surface area (Å²) in [5.74, 6) is -0.131. The number of rotatable bonds is 3. The van der Waals surface area contributed by atoms with Gasteiger partial charge in [0.15, 0.2) is 0 Å². The molecule has 0 fully saturated rings. The van der Waals surface area contributed by atoms with Gasteiger partial charge in [-0.3, -0.25) is 4.79 Å². The minimum absolute atomic E-state index is 0.131. The number of hydrogen-bond donors (Lipinski definition) is 1. The van der Waals surface area contributed by atoms with Gasteiger partial charge in [0.2, 0.25) is 5.91 Å². The number of nitrogens with zero attached hydrogens (tertiary/aromatic N) is 1. The van der Waals surface area contributed by atoms with Crippen LogP contribution in [0.25, 0.3) is 10.2 Å². The van der Waals surface area contributed by atoms with E-state index in [4.69, 9.17) is 0 Å². The summed E-state index contributed by atoms with van der Waals surface area (Å²) < 4.78 is 1.09. The lowest BCUT2D eigenvalue weighted by Crippen LogP contribution is -2.07. The molecule has 4 heteroatoms. The summed E-state index contributed by atoms with van der Waals surface area (Å²) in [6.45, 7) is 3.88. The van der Waals surface area contributed by atoms with Gasteiger partial charge in [-0.2, -0.15) is 0 Å². The number of allylic oxidation sites excluding steroid dienone is 3. The zero-order chi connectivity index (χ0) is 13.0. The molecule has 1 aromatic heterocycles. The van der Waals surface area contributed by atoms with Gasteiger partial charge in [0.05, 0.1) is 15.2 Å². The Morgan fingerprint density at radius 2 is 2.22 bits per heavy atom. The molecule has 1 N–H and O–H groups in total. The molecule has 3 nitrogen and oxygen atoms in total. The van der Waals surface area contributed by atoms with Gasteiger partial charge in [-0.15, -0.1) is 11.3 Å². The highest BCUT2D eigenvalue weighted by Gasteiger charge is 2.03. The van der Waals surface area contributed by atoms with Crippen LogP contribution in [-0.2, 0) is 4.79 Å². The van der Waals surface area contributed by atoms with Crippen LogP contribution in [0.3, 0.4) is 0 Å². The van der Waals surface area contributed by atoms with Crippen molar-refractivity contribution < 1.29 is 4.79 Å². The fourth-order valence-electron chi connectivity index (χ4n) is 1.56. The van der Waals surface area contributed by atoms with Gasteiger partial charge >= 0.3 is 0 Å². The van der Waals surface area contributed by atoms with E-state index in [0.29, 0.717) is 0 Å². The summed E-state index contributed by atoms with van der Waals surface area (Å²) in [6, 6.07) is 5.73. The van der Waals surface area contributed by atoms with Crippen LogP contribution < -0.4 is 5.32 Å². The monoisotopic (exact) mass is 258 g/mol. The van der Waals surface area contributed by atoms with Crippen molar-refractivity contribution in [2.24, 2.45) is 0 Å². The maximum absolute atomic E-state index is 11.6. The number of hydrogen-bond acceptors (Lipinski definition) is 3. The molecule has 0 atom stereocenters. The Morgan fingerprint density at radius 3 is 3.00 bits per heavy atom. The molecule has 0 radical (unpaired) electrons. The van der Waals surface area contributed by atoms with Gasteiger partial charge in [0.25, 0.3) is 0 Å². The van der Waals surface area contributed by atoms with Crippen LogP contribution in [0.15, 0.2) is 42.5 Å². The molecular weight excluding hydrogens is 244 g/mol. The van der Waals surface area contributed by atoms with Crippen molar-refractivity contribution in [1.82, 2.24) is 4.98 Å². The smallest absolute Gasteiger partial charge is 0.248 e. The minimum atomic E-state index is -0.131. The first-order valence-electron chi connectivity index (χ1n) is 5.66. The molecule has 0 aliphatic heterocycles. The molecule has 0 bridgehead atoms. The Hall–Kier alpha value is -1.94. The van der Waals surface area contributed by atoms with Gasteiger partial charge in [-0.05, 0) is 32.0 Å². The van der Waals surface area contributed by atoms with Crippen molar-refractivity contribution in [3.63, 3.8) is 0 Å². The van der Waals surface area contributed by atoms with Crippen molar-refractivity contribution in [1.29, 1.82) is 0 Å². The first-order valence-corrected chi connectivity index (χ1v) is 6.48. The topological polar surface area (TPSA) is 42.0 Å². The van der Waals surface area contributed by atoms with E-state index < -0.39 is 0 Å². The molecular formula is C14H14N2OS. The predicted molar refractivity (Wildman–Crippen MR) is 76.9 cm³/mol. The van der Waals surface area contributed by atoms with Gasteiger partial charge in [-0.1, -0.05) is 18.2 Å². The molecule has 1 heterocycles. The number of amides is 1. The number of aryl methyl sites for hydroxylation is 1. The van der Waals surface area contributed by atoms with Crippen LogP contribution in [-0.4, -0.2) is 10.9 Å². The highest BCUT2D eigenvalue weighted by Crippen LogP contribution is 2.24. The second kappa shape index (κ2) is 5.60. The molecule has 2 rings (SSSR count). The van der Waals surface area contributed by atoms with E-state index in [-0.39, 0.29) is 5.91 Å². The first kappa shape index (κ1) is 12.5. The van der Waals surface area contributed by atoms with Crippen molar-refractivity contribution in [3.05, 3.63) is 47.5 Å². The number of fused-ring (bicyclic) bond motifs is 1. The van der Waals surface area contributed by atoms with Gasteiger partial charge < -0.3 is 5.32 Å². The van der Waals surface area contributed by atoms with Gasteiger partial charge in [-0.25, -0.2) is 4.98 Å².